The maximum absolute atomic E-state index is 4.56. The zero-order chi connectivity index (χ0) is 10.2. The number of fused-ring (bicyclic) bond motifs is 1. The molecule has 2 nitrogen and oxygen atoms in total. The summed E-state index contributed by atoms with van der Waals surface area (Å²) in [5, 5.41) is 2.08. The smallest absolute Gasteiger partial charge is 0.153 e. The Morgan fingerprint density at radius 3 is 2.86 bits per heavy atom. The molecule has 0 saturated carbocycles. The van der Waals surface area contributed by atoms with Crippen LogP contribution in [0.3, 0.4) is 0 Å². The Morgan fingerprint density at radius 2 is 2.14 bits per heavy atom. The summed E-state index contributed by atoms with van der Waals surface area (Å²) in [6, 6.07) is 0. The molecule has 1 aromatic rings. The van der Waals surface area contributed by atoms with Gasteiger partial charge in [0, 0.05) is 5.41 Å². The predicted octanol–water partition coefficient (Wildman–Crippen LogP) is 3.32. The van der Waals surface area contributed by atoms with Crippen LogP contribution in [0, 0.1) is 0 Å². The molecule has 0 N–H and O–H groups in total. The number of aliphatic imine (C=N–C) groups is 1. The monoisotopic (exact) mass is 204 g/mol. The van der Waals surface area contributed by atoms with E-state index in [2.05, 4.69) is 36.6 Å². The van der Waals surface area contributed by atoms with Crippen LogP contribution in [0.4, 0.5) is 5.00 Å². The fourth-order valence-electron chi connectivity index (χ4n) is 1.11. The number of thiazole rings is 1. The van der Waals surface area contributed by atoms with Gasteiger partial charge in [-0.15, -0.1) is 0 Å². The molecule has 1 aromatic heterocycles. The molecule has 1 aliphatic rings. The van der Waals surface area contributed by atoms with Crippen LogP contribution in [-0.4, -0.2) is 10.9 Å². The lowest BCUT2D eigenvalue weighted by atomic mass is 9.98. The molecule has 0 unspecified atom stereocenters. The molecule has 3 heteroatoms. The first-order valence-electron chi connectivity index (χ1n) is 4.55. The number of allylic oxidation sites excluding steroid dienone is 2. The summed E-state index contributed by atoms with van der Waals surface area (Å²) in [6.45, 7) is 6.48. The fourth-order valence-corrected chi connectivity index (χ4v) is 2.06. The molecule has 0 aliphatic carbocycles. The van der Waals surface area contributed by atoms with E-state index in [0.29, 0.717) is 0 Å². The molecule has 0 spiro atoms. The molecule has 0 bridgehead atoms. The van der Waals surface area contributed by atoms with Gasteiger partial charge in [0.25, 0.3) is 0 Å². The Labute approximate surface area is 87.7 Å². The summed E-state index contributed by atoms with van der Waals surface area (Å²) in [5.41, 5.74) is 1.06. The number of nitrogens with zero attached hydrogens (tertiary/aromatic N) is 2. The van der Waals surface area contributed by atoms with Crippen LogP contribution in [0.25, 0.3) is 6.08 Å². The first kappa shape index (κ1) is 9.38. The Bertz CT molecular complexity index is 440. The molecule has 14 heavy (non-hydrogen) atoms. The van der Waals surface area contributed by atoms with Gasteiger partial charge in [-0.1, -0.05) is 38.2 Å². The molecule has 2 heterocycles. The van der Waals surface area contributed by atoms with Crippen molar-refractivity contribution in [3.8, 4) is 0 Å². The Hall–Kier alpha value is -1.18. The maximum Gasteiger partial charge on any atom is 0.153 e. The van der Waals surface area contributed by atoms with Gasteiger partial charge in [-0.05, 0) is 18.0 Å². The van der Waals surface area contributed by atoms with Gasteiger partial charge in [-0.2, -0.15) is 4.99 Å². The minimum absolute atomic E-state index is 0.101. The normalized spacial score (nSPS) is 14.2. The highest BCUT2D eigenvalue weighted by molar-refractivity contribution is 7.15. The van der Waals surface area contributed by atoms with E-state index in [0.717, 1.165) is 15.7 Å². The largest absolute Gasteiger partial charge is 0.239 e. The summed E-state index contributed by atoms with van der Waals surface area (Å²) in [7, 11) is 0. The quantitative estimate of drug-likeness (QED) is 0.636. The topological polar surface area (TPSA) is 25.2 Å². The van der Waals surface area contributed by atoms with Crippen LogP contribution in [-0.2, 0) is 5.41 Å². The molecular formula is C11H12N2S. The molecule has 72 valence electrons. The fraction of sp³-hybridized carbons (Fsp3) is 0.364. The predicted molar refractivity (Wildman–Crippen MR) is 61.5 cm³/mol. The second kappa shape index (κ2) is 3.19. The number of aromatic nitrogens is 1. The average molecular weight is 204 g/mol. The van der Waals surface area contributed by atoms with Gasteiger partial charge in [0.15, 0.2) is 5.00 Å². The van der Waals surface area contributed by atoms with E-state index in [9.17, 15) is 0 Å². The van der Waals surface area contributed by atoms with E-state index < -0.39 is 0 Å². The minimum atomic E-state index is 0.101. The Kier molecular flexibility index (Phi) is 2.14. The van der Waals surface area contributed by atoms with Crippen LogP contribution in [0.5, 0.6) is 0 Å². The zero-order valence-corrected chi connectivity index (χ0v) is 9.35. The molecule has 0 atom stereocenters. The number of rotatable bonds is 0. The Balaban J connectivity index is 2.53. The van der Waals surface area contributed by atoms with Crippen LogP contribution in [0.2, 0.25) is 0 Å². The molecule has 0 saturated heterocycles. The first-order chi connectivity index (χ1) is 6.57. The van der Waals surface area contributed by atoms with Crippen molar-refractivity contribution < 1.29 is 0 Å². The highest BCUT2D eigenvalue weighted by atomic mass is 32.1. The van der Waals surface area contributed by atoms with Crippen molar-refractivity contribution in [1.82, 2.24) is 4.98 Å². The zero-order valence-electron chi connectivity index (χ0n) is 8.53. The van der Waals surface area contributed by atoms with E-state index in [4.69, 9.17) is 0 Å². The summed E-state index contributed by atoms with van der Waals surface area (Å²) >= 11 is 1.64. The van der Waals surface area contributed by atoms with E-state index in [1.165, 1.54) is 0 Å². The highest BCUT2D eigenvalue weighted by Crippen LogP contribution is 2.35. The van der Waals surface area contributed by atoms with Gasteiger partial charge in [0.2, 0.25) is 0 Å². The number of hydrogen-bond donors (Lipinski definition) is 0. The first-order valence-corrected chi connectivity index (χ1v) is 5.36. The third-order valence-electron chi connectivity index (χ3n) is 1.87. The molecule has 0 aromatic carbocycles. The maximum atomic E-state index is 4.56. The lowest BCUT2D eigenvalue weighted by molar-refractivity contribution is 0.585. The molecule has 0 amide bonds. The average Bonchev–Trinajstić information content (AvgIpc) is 2.38. The van der Waals surface area contributed by atoms with Crippen molar-refractivity contribution in [2.45, 2.75) is 26.2 Å². The van der Waals surface area contributed by atoms with Gasteiger partial charge in [-0.25, -0.2) is 4.98 Å². The van der Waals surface area contributed by atoms with Crippen LogP contribution >= 0.6 is 11.3 Å². The third kappa shape index (κ3) is 1.69. The Morgan fingerprint density at radius 1 is 1.36 bits per heavy atom. The minimum Gasteiger partial charge on any atom is -0.239 e. The van der Waals surface area contributed by atoms with E-state index in [-0.39, 0.29) is 5.41 Å². The lowest BCUT2D eigenvalue weighted by Gasteiger charge is -2.13. The van der Waals surface area contributed by atoms with E-state index >= 15 is 0 Å². The van der Waals surface area contributed by atoms with Gasteiger partial charge < -0.3 is 0 Å². The summed E-state index contributed by atoms with van der Waals surface area (Å²) in [5.74, 6) is 2.85. The van der Waals surface area contributed by atoms with Gasteiger partial charge >= 0.3 is 0 Å². The standard InChI is InChI=1S/C11H12N2S/c1-11(2,3)10-13-8-6-4-5-7-12-9(8)14-10/h4-6H,1-3H3. The van der Waals surface area contributed by atoms with E-state index in [1.54, 1.807) is 17.4 Å². The molecule has 0 fully saturated rings. The van der Waals surface area contributed by atoms with Crippen molar-refractivity contribution in [3.05, 3.63) is 22.9 Å². The van der Waals surface area contributed by atoms with Crippen LogP contribution in [0.15, 0.2) is 17.1 Å². The van der Waals surface area contributed by atoms with Gasteiger partial charge in [0.1, 0.15) is 10.7 Å². The van der Waals surface area contributed by atoms with E-state index in [1.807, 2.05) is 12.2 Å². The molecule has 0 radical (unpaired) electrons. The van der Waals surface area contributed by atoms with Crippen molar-refractivity contribution in [3.63, 3.8) is 0 Å². The van der Waals surface area contributed by atoms with Gasteiger partial charge in [-0.3, -0.25) is 0 Å². The third-order valence-corrected chi connectivity index (χ3v) is 3.26. The van der Waals surface area contributed by atoms with Crippen LogP contribution < -0.4 is 0 Å². The highest BCUT2D eigenvalue weighted by Gasteiger charge is 2.20. The number of hydrogen-bond acceptors (Lipinski definition) is 3. The second-order valence-corrected chi connectivity index (χ2v) is 5.20. The SMILES string of the molecule is CC(C)(C)c1nc2c(s1)N=C=CC=C2. The summed E-state index contributed by atoms with van der Waals surface area (Å²) in [4.78, 5) is 8.77. The van der Waals surface area contributed by atoms with Crippen LogP contribution in [0.1, 0.15) is 31.5 Å². The van der Waals surface area contributed by atoms with Crippen molar-refractivity contribution in [1.29, 1.82) is 0 Å². The van der Waals surface area contributed by atoms with Crippen molar-refractivity contribution in [2.75, 3.05) is 0 Å². The molecule has 1 aliphatic heterocycles. The lowest BCUT2D eigenvalue weighted by Crippen LogP contribution is -2.10. The summed E-state index contributed by atoms with van der Waals surface area (Å²) < 4.78 is 0. The molecular weight excluding hydrogens is 192 g/mol. The molecule has 2 rings (SSSR count). The second-order valence-electron chi connectivity index (χ2n) is 4.23. The summed E-state index contributed by atoms with van der Waals surface area (Å²) in [6.07, 6.45) is 5.69. The van der Waals surface area contributed by atoms with Crippen molar-refractivity contribution >= 4 is 28.3 Å². The van der Waals surface area contributed by atoms with Gasteiger partial charge in [0.05, 0.1) is 0 Å². The van der Waals surface area contributed by atoms with Crippen molar-refractivity contribution in [2.24, 2.45) is 4.99 Å².